The van der Waals surface area contributed by atoms with E-state index in [0.29, 0.717) is 13.0 Å². The molecule has 0 radical (unpaired) electrons. The summed E-state index contributed by atoms with van der Waals surface area (Å²) in [4.78, 5) is 10.2. The van der Waals surface area contributed by atoms with Crippen molar-refractivity contribution in [3.05, 3.63) is 69.8 Å². The van der Waals surface area contributed by atoms with Crippen molar-refractivity contribution in [3.63, 3.8) is 0 Å². The largest absolute Gasteiger partial charge is 0.396 e. The van der Waals surface area contributed by atoms with Gasteiger partial charge in [0, 0.05) is 25.3 Å². The highest BCUT2D eigenvalue weighted by Gasteiger charge is 2.35. The zero-order valence-corrected chi connectivity index (χ0v) is 17.0. The molecule has 1 aliphatic carbocycles. The molecule has 0 amide bonds. The van der Waals surface area contributed by atoms with Gasteiger partial charge in [0.05, 0.1) is 9.82 Å². The van der Waals surface area contributed by atoms with E-state index >= 15 is 0 Å². The summed E-state index contributed by atoms with van der Waals surface area (Å²) in [7, 11) is -3.74. The fourth-order valence-corrected chi connectivity index (χ4v) is 5.16. The van der Waals surface area contributed by atoms with Gasteiger partial charge in [0.15, 0.2) is 0 Å². The molecular weight excluding hydrogens is 392 g/mol. The van der Waals surface area contributed by atoms with Crippen LogP contribution in [0.15, 0.2) is 53.4 Å². The minimum atomic E-state index is -3.74. The summed E-state index contributed by atoms with van der Waals surface area (Å²) in [6.07, 6.45) is 5.46. The molecule has 3 rings (SSSR count). The van der Waals surface area contributed by atoms with Gasteiger partial charge in [-0.05, 0) is 54.4 Å². The number of nitrogens with zero attached hydrogens (tertiary/aromatic N) is 1. The van der Waals surface area contributed by atoms with Crippen molar-refractivity contribution < 1.29 is 18.4 Å². The highest BCUT2D eigenvalue weighted by Crippen LogP contribution is 2.40. The highest BCUT2D eigenvalue weighted by atomic mass is 32.2. The summed E-state index contributed by atoms with van der Waals surface area (Å²) in [6, 6.07) is 13.1. The lowest BCUT2D eigenvalue weighted by Crippen LogP contribution is -2.37. The van der Waals surface area contributed by atoms with Gasteiger partial charge < -0.3 is 5.11 Å². The molecule has 8 heteroatoms. The van der Waals surface area contributed by atoms with Crippen LogP contribution in [-0.4, -0.2) is 31.6 Å². The van der Waals surface area contributed by atoms with E-state index in [1.54, 1.807) is 0 Å². The van der Waals surface area contributed by atoms with Crippen molar-refractivity contribution in [1.29, 1.82) is 0 Å². The fraction of sp³-hybridized carbons (Fsp3) is 0.429. The van der Waals surface area contributed by atoms with E-state index in [0.717, 1.165) is 43.2 Å². The number of hydrogen-bond donors (Lipinski definition) is 2. The number of benzene rings is 2. The molecule has 0 saturated heterocycles. The number of nitro groups is 1. The Bertz CT molecular complexity index is 934. The zero-order valence-electron chi connectivity index (χ0n) is 16.2. The Balaban J connectivity index is 1.70. The first-order valence-corrected chi connectivity index (χ1v) is 11.2. The lowest BCUT2D eigenvalue weighted by molar-refractivity contribution is -0.384. The van der Waals surface area contributed by atoms with Gasteiger partial charge in [0.2, 0.25) is 10.0 Å². The van der Waals surface area contributed by atoms with Crippen LogP contribution >= 0.6 is 0 Å². The van der Waals surface area contributed by atoms with Crippen LogP contribution in [0, 0.1) is 15.5 Å². The first-order valence-electron chi connectivity index (χ1n) is 9.76. The lowest BCUT2D eigenvalue weighted by atomic mass is 9.80. The molecule has 29 heavy (non-hydrogen) atoms. The molecule has 2 aromatic carbocycles. The number of nitrogens with one attached hydrogen (secondary N) is 1. The van der Waals surface area contributed by atoms with Crippen LogP contribution in [0.5, 0.6) is 0 Å². The molecular formula is C21H26N2O5S. The summed E-state index contributed by atoms with van der Waals surface area (Å²) in [6.45, 7) is 0.457. The van der Waals surface area contributed by atoms with Gasteiger partial charge in [-0.2, -0.15) is 0 Å². The van der Waals surface area contributed by atoms with E-state index in [4.69, 9.17) is 5.11 Å². The first kappa shape index (κ1) is 21.4. The second-order valence-corrected chi connectivity index (χ2v) is 9.52. The van der Waals surface area contributed by atoms with E-state index in [9.17, 15) is 18.5 Å². The van der Waals surface area contributed by atoms with Gasteiger partial charge in [-0.1, -0.05) is 37.1 Å². The minimum Gasteiger partial charge on any atom is -0.396 e. The van der Waals surface area contributed by atoms with E-state index in [-0.39, 0.29) is 22.6 Å². The van der Waals surface area contributed by atoms with Crippen molar-refractivity contribution in [3.8, 4) is 0 Å². The van der Waals surface area contributed by atoms with Crippen LogP contribution in [0.4, 0.5) is 5.69 Å². The predicted molar refractivity (Wildman–Crippen MR) is 110 cm³/mol. The Hall–Kier alpha value is -2.29. The Kier molecular flexibility index (Phi) is 6.66. The van der Waals surface area contributed by atoms with Crippen LogP contribution in [0.1, 0.15) is 36.8 Å². The number of non-ortho nitro benzene ring substituents is 1. The molecule has 0 unspecified atom stereocenters. The zero-order chi connectivity index (χ0) is 20.9. The third kappa shape index (κ3) is 5.41. The molecule has 2 aromatic rings. The molecule has 0 spiro atoms. The molecule has 0 bridgehead atoms. The SMILES string of the molecule is O=[N+]([O-])c1ccc(S(=O)(=O)NCC2(Cc3ccc(CCO)cc3)CCCC2)cc1. The monoisotopic (exact) mass is 418 g/mol. The second-order valence-electron chi connectivity index (χ2n) is 7.75. The average molecular weight is 419 g/mol. The lowest BCUT2D eigenvalue weighted by Gasteiger charge is -2.29. The molecule has 0 aliphatic heterocycles. The molecule has 1 saturated carbocycles. The number of aliphatic hydroxyl groups is 1. The summed E-state index contributed by atoms with van der Waals surface area (Å²) in [5, 5.41) is 19.8. The van der Waals surface area contributed by atoms with Crippen molar-refractivity contribution >= 4 is 15.7 Å². The minimum absolute atomic E-state index is 0.0320. The third-order valence-electron chi connectivity index (χ3n) is 5.66. The quantitative estimate of drug-likeness (QED) is 0.480. The van der Waals surface area contributed by atoms with Gasteiger partial charge >= 0.3 is 0 Å². The van der Waals surface area contributed by atoms with Crippen LogP contribution < -0.4 is 4.72 Å². The molecule has 1 fully saturated rings. The maximum absolute atomic E-state index is 12.7. The van der Waals surface area contributed by atoms with Gasteiger partial charge in [-0.3, -0.25) is 10.1 Å². The fourth-order valence-electron chi connectivity index (χ4n) is 4.01. The van der Waals surface area contributed by atoms with Gasteiger partial charge in [0.1, 0.15) is 0 Å². The number of rotatable bonds is 9. The summed E-state index contributed by atoms with van der Waals surface area (Å²) in [5.41, 5.74) is 1.96. The van der Waals surface area contributed by atoms with Crippen LogP contribution in [-0.2, 0) is 22.9 Å². The Morgan fingerprint density at radius 2 is 1.59 bits per heavy atom. The molecule has 1 aliphatic rings. The Morgan fingerprint density at radius 3 is 2.14 bits per heavy atom. The van der Waals surface area contributed by atoms with E-state index in [2.05, 4.69) is 16.9 Å². The molecule has 2 N–H and O–H groups in total. The smallest absolute Gasteiger partial charge is 0.269 e. The van der Waals surface area contributed by atoms with Gasteiger partial charge in [0.25, 0.3) is 5.69 Å². The molecule has 0 atom stereocenters. The normalized spacial score (nSPS) is 16.0. The topological polar surface area (TPSA) is 110 Å². The maximum atomic E-state index is 12.7. The Morgan fingerprint density at radius 1 is 1.00 bits per heavy atom. The molecule has 0 aromatic heterocycles. The van der Waals surface area contributed by atoms with Crippen molar-refractivity contribution in [2.75, 3.05) is 13.2 Å². The van der Waals surface area contributed by atoms with Crippen LogP contribution in [0.3, 0.4) is 0 Å². The standard InChI is InChI=1S/C21H26N2O5S/c24-14-11-17-3-5-18(6-4-17)15-21(12-1-2-13-21)16-22-29(27,28)20-9-7-19(8-10-20)23(25)26/h3-10,22,24H,1-2,11-16H2. The second kappa shape index (κ2) is 9.02. The number of hydrogen-bond acceptors (Lipinski definition) is 5. The molecule has 0 heterocycles. The first-order chi connectivity index (χ1) is 13.8. The van der Waals surface area contributed by atoms with Crippen molar-refractivity contribution in [2.24, 2.45) is 5.41 Å². The van der Waals surface area contributed by atoms with E-state index < -0.39 is 14.9 Å². The molecule has 7 nitrogen and oxygen atoms in total. The van der Waals surface area contributed by atoms with Crippen molar-refractivity contribution in [1.82, 2.24) is 4.72 Å². The summed E-state index contributed by atoms with van der Waals surface area (Å²) in [5.74, 6) is 0. The van der Waals surface area contributed by atoms with Gasteiger partial charge in [-0.25, -0.2) is 13.1 Å². The third-order valence-corrected chi connectivity index (χ3v) is 7.08. The highest BCUT2D eigenvalue weighted by molar-refractivity contribution is 7.89. The molecule has 156 valence electrons. The maximum Gasteiger partial charge on any atom is 0.269 e. The number of nitro benzene ring substituents is 1. The van der Waals surface area contributed by atoms with E-state index in [1.165, 1.54) is 24.3 Å². The van der Waals surface area contributed by atoms with Crippen LogP contribution in [0.25, 0.3) is 0 Å². The predicted octanol–water partition coefficient (Wildman–Crippen LogP) is 3.21. The number of sulfonamides is 1. The van der Waals surface area contributed by atoms with Crippen LogP contribution in [0.2, 0.25) is 0 Å². The van der Waals surface area contributed by atoms with Crippen molar-refractivity contribution in [2.45, 2.75) is 43.4 Å². The number of aliphatic hydroxyl groups excluding tert-OH is 1. The average Bonchev–Trinajstić information content (AvgIpc) is 3.17. The van der Waals surface area contributed by atoms with E-state index in [1.807, 2.05) is 12.1 Å². The summed E-state index contributed by atoms with van der Waals surface area (Å²) >= 11 is 0. The van der Waals surface area contributed by atoms with Gasteiger partial charge in [-0.15, -0.1) is 0 Å². The summed E-state index contributed by atoms with van der Waals surface area (Å²) < 4.78 is 28.1. The Labute approximate surface area is 171 Å².